The number of alkyl halides is 3. The van der Waals surface area contributed by atoms with E-state index in [1.807, 2.05) is 38.1 Å². The second-order valence-electron chi connectivity index (χ2n) is 6.59. The molecule has 1 unspecified atom stereocenters. The Morgan fingerprint density at radius 2 is 1.79 bits per heavy atom. The Bertz CT molecular complexity index is 1240. The quantitative estimate of drug-likeness (QED) is 0.307. The van der Waals surface area contributed by atoms with E-state index < -0.39 is 23.8 Å². The van der Waals surface area contributed by atoms with Gasteiger partial charge in [0.1, 0.15) is 10.8 Å². The molecule has 0 spiro atoms. The maximum absolute atomic E-state index is 13.1. The summed E-state index contributed by atoms with van der Waals surface area (Å²) in [5.74, 6) is -1.28. The Labute approximate surface area is 197 Å². The highest BCUT2D eigenvalue weighted by Gasteiger charge is 2.32. The van der Waals surface area contributed by atoms with E-state index >= 15 is 0 Å². The summed E-state index contributed by atoms with van der Waals surface area (Å²) in [6.45, 7) is 4.00. The zero-order valence-corrected chi connectivity index (χ0v) is 19.1. The van der Waals surface area contributed by atoms with Crippen LogP contribution in [0.4, 0.5) is 13.2 Å². The van der Waals surface area contributed by atoms with E-state index in [1.54, 1.807) is 6.07 Å². The number of aromatic nitrogens is 1. The molecule has 0 bridgehead atoms. The minimum absolute atomic E-state index is 0.132. The summed E-state index contributed by atoms with van der Waals surface area (Å²) in [4.78, 5) is 16.4. The number of rotatable bonds is 5. The van der Waals surface area contributed by atoms with Crippen molar-refractivity contribution < 1.29 is 27.8 Å². The molecule has 0 radical (unpaired) electrons. The monoisotopic (exact) mass is 493 g/mol. The van der Waals surface area contributed by atoms with Crippen LogP contribution >= 0.6 is 22.9 Å². The van der Waals surface area contributed by atoms with Gasteiger partial charge in [0.2, 0.25) is 6.10 Å². The van der Waals surface area contributed by atoms with Gasteiger partial charge in [-0.1, -0.05) is 49.7 Å². The molecule has 33 heavy (non-hydrogen) atoms. The predicted octanol–water partition coefficient (Wildman–Crippen LogP) is 7.87. The van der Waals surface area contributed by atoms with Gasteiger partial charge < -0.3 is 9.84 Å². The second-order valence-corrected chi connectivity index (χ2v) is 8.05. The van der Waals surface area contributed by atoms with E-state index in [0.29, 0.717) is 15.6 Å². The van der Waals surface area contributed by atoms with Gasteiger partial charge in [-0.25, -0.2) is 9.78 Å². The number of thiazole rings is 1. The minimum Gasteiger partial charge on any atom is -0.478 e. The predicted molar refractivity (Wildman–Crippen MR) is 124 cm³/mol. The number of ether oxygens (including phenoxy) is 1. The topological polar surface area (TPSA) is 59.4 Å². The number of hydrogen-bond acceptors (Lipinski definition) is 4. The van der Waals surface area contributed by atoms with Crippen molar-refractivity contribution in [2.45, 2.75) is 26.1 Å². The molecule has 3 aromatic carbocycles. The summed E-state index contributed by atoms with van der Waals surface area (Å²) >= 11 is 7.50. The Kier molecular flexibility index (Phi) is 7.61. The van der Waals surface area contributed by atoms with E-state index in [-0.39, 0.29) is 11.3 Å². The third kappa shape index (κ3) is 5.64. The number of halogens is 4. The lowest BCUT2D eigenvalue weighted by atomic mass is 10.1. The number of benzene rings is 3. The van der Waals surface area contributed by atoms with Crippen LogP contribution < -0.4 is 4.74 Å². The van der Waals surface area contributed by atoms with Crippen LogP contribution in [0.15, 0.2) is 66.7 Å². The third-order valence-corrected chi connectivity index (χ3v) is 5.76. The fourth-order valence-electron chi connectivity index (χ4n) is 3.03. The second kappa shape index (κ2) is 10.2. The van der Waals surface area contributed by atoms with E-state index in [2.05, 4.69) is 4.98 Å². The number of nitrogens with zero attached hydrogens (tertiary/aromatic N) is 1. The van der Waals surface area contributed by atoms with E-state index in [0.717, 1.165) is 28.4 Å². The number of para-hydroxylation sites is 1. The minimum atomic E-state index is -4.61. The van der Waals surface area contributed by atoms with Crippen LogP contribution in [0.25, 0.3) is 20.8 Å². The summed E-state index contributed by atoms with van der Waals surface area (Å²) in [7, 11) is 0. The number of carboxylic acids is 1. The van der Waals surface area contributed by atoms with Crippen LogP contribution in [0, 0.1) is 0 Å². The lowest BCUT2D eigenvalue weighted by Crippen LogP contribution is -2.19. The van der Waals surface area contributed by atoms with Crippen molar-refractivity contribution in [1.29, 1.82) is 0 Å². The molecule has 172 valence electrons. The van der Waals surface area contributed by atoms with Gasteiger partial charge in [0.15, 0.2) is 0 Å². The summed E-state index contributed by atoms with van der Waals surface area (Å²) < 4.78 is 45.9. The molecule has 0 aliphatic heterocycles. The smallest absolute Gasteiger partial charge is 0.416 e. The Balaban J connectivity index is 0.00000149. The molecule has 4 aromatic rings. The molecule has 1 aromatic heterocycles. The van der Waals surface area contributed by atoms with Crippen molar-refractivity contribution in [3.63, 3.8) is 0 Å². The van der Waals surface area contributed by atoms with Crippen molar-refractivity contribution in [1.82, 2.24) is 4.98 Å². The Hall–Kier alpha value is -3.10. The van der Waals surface area contributed by atoms with Crippen molar-refractivity contribution in [2.75, 3.05) is 0 Å². The molecular weight excluding hydrogens is 475 g/mol. The van der Waals surface area contributed by atoms with Gasteiger partial charge in [-0.3, -0.25) is 0 Å². The average Bonchev–Trinajstić information content (AvgIpc) is 3.23. The lowest BCUT2D eigenvalue weighted by Gasteiger charge is -2.19. The molecule has 0 aliphatic rings. The highest BCUT2D eigenvalue weighted by molar-refractivity contribution is 7.21. The maximum atomic E-state index is 13.1. The van der Waals surface area contributed by atoms with Crippen LogP contribution in [0.3, 0.4) is 0 Å². The molecule has 0 aliphatic carbocycles. The highest BCUT2D eigenvalue weighted by atomic mass is 35.5. The molecule has 0 saturated heterocycles. The van der Waals surface area contributed by atoms with Gasteiger partial charge >= 0.3 is 12.1 Å². The first kappa shape index (κ1) is 24.5. The summed E-state index contributed by atoms with van der Waals surface area (Å²) in [6, 6.07) is 16.1. The number of carbonyl (C=O) groups is 1. The van der Waals surface area contributed by atoms with Crippen molar-refractivity contribution >= 4 is 39.1 Å². The lowest BCUT2D eigenvalue weighted by molar-refractivity contribution is -0.146. The first-order valence-electron chi connectivity index (χ1n) is 9.94. The van der Waals surface area contributed by atoms with Gasteiger partial charge in [-0.15, -0.1) is 11.3 Å². The summed E-state index contributed by atoms with van der Waals surface area (Å²) in [6.07, 6.45) is -6.26. The molecule has 4 nitrogen and oxygen atoms in total. The maximum Gasteiger partial charge on any atom is 0.416 e. The zero-order chi connectivity index (χ0) is 24.2. The summed E-state index contributed by atoms with van der Waals surface area (Å²) in [5, 5.41) is 10.6. The number of hydrogen-bond donors (Lipinski definition) is 1. The molecule has 9 heteroatoms. The molecule has 0 amide bonds. The molecule has 0 saturated carbocycles. The molecule has 4 rings (SSSR count). The van der Waals surface area contributed by atoms with Crippen LogP contribution in [-0.4, -0.2) is 16.1 Å². The van der Waals surface area contributed by atoms with Crippen LogP contribution in [-0.2, 0) is 11.0 Å². The number of fused-ring (bicyclic) bond motifs is 1. The Morgan fingerprint density at radius 1 is 1.06 bits per heavy atom. The summed E-state index contributed by atoms with van der Waals surface area (Å²) in [5.41, 5.74) is 0.114. The highest BCUT2D eigenvalue weighted by Crippen LogP contribution is 2.39. The van der Waals surface area contributed by atoms with E-state index in [4.69, 9.17) is 16.3 Å². The van der Waals surface area contributed by atoms with Crippen molar-refractivity contribution in [3.8, 4) is 16.3 Å². The first-order valence-corrected chi connectivity index (χ1v) is 11.1. The third-order valence-electron chi connectivity index (χ3n) is 4.45. The number of carboxylic acid groups (broad SMARTS) is 1. The van der Waals surface area contributed by atoms with Crippen LogP contribution in [0.5, 0.6) is 5.75 Å². The van der Waals surface area contributed by atoms with Crippen LogP contribution in [0.2, 0.25) is 5.02 Å². The normalized spacial score (nSPS) is 12.1. The molecule has 1 N–H and O–H groups in total. The molecule has 0 fully saturated rings. The average molecular weight is 494 g/mol. The van der Waals surface area contributed by atoms with Gasteiger partial charge in [0.05, 0.1) is 21.3 Å². The SMILES string of the molecule is CC.O=C(O)C(Oc1ccc(Cl)cc1-c1nc2ccccc2s1)c1cccc(C(F)(F)F)c1. The van der Waals surface area contributed by atoms with Gasteiger partial charge in [0, 0.05) is 10.6 Å². The molecular formula is C24H19ClF3NO3S. The van der Waals surface area contributed by atoms with Crippen molar-refractivity contribution in [3.05, 3.63) is 82.9 Å². The standard InChI is InChI=1S/C22H13ClF3NO3S.C2H6/c23-14-8-9-17(15(11-14)20-27-16-6-1-2-7-18(16)31-20)30-19(21(28)29)12-4-3-5-13(10-12)22(24,25)26;1-2/h1-11,19H,(H,28,29);1-2H3. The van der Waals surface area contributed by atoms with Crippen LogP contribution in [0.1, 0.15) is 31.1 Å². The fourth-order valence-corrected chi connectivity index (χ4v) is 4.18. The fraction of sp³-hybridized carbons (Fsp3) is 0.167. The van der Waals surface area contributed by atoms with Gasteiger partial charge in [-0.2, -0.15) is 13.2 Å². The van der Waals surface area contributed by atoms with E-state index in [1.165, 1.54) is 29.5 Å². The number of aliphatic carboxylic acids is 1. The molecule has 1 heterocycles. The van der Waals surface area contributed by atoms with Gasteiger partial charge in [-0.05, 0) is 42.5 Å². The van der Waals surface area contributed by atoms with E-state index in [9.17, 15) is 23.1 Å². The van der Waals surface area contributed by atoms with Gasteiger partial charge in [0.25, 0.3) is 0 Å². The molecule has 1 atom stereocenters. The Morgan fingerprint density at radius 3 is 2.45 bits per heavy atom. The van der Waals surface area contributed by atoms with Crippen molar-refractivity contribution in [2.24, 2.45) is 0 Å². The largest absolute Gasteiger partial charge is 0.478 e. The first-order chi connectivity index (χ1) is 15.7. The zero-order valence-electron chi connectivity index (χ0n) is 17.6.